The topological polar surface area (TPSA) is 35.2 Å². The summed E-state index contributed by atoms with van der Waals surface area (Å²) in [7, 11) is 0. The van der Waals surface area contributed by atoms with Gasteiger partial charge < -0.3 is 10.5 Å². The van der Waals surface area contributed by atoms with E-state index in [1.807, 2.05) is 0 Å². The van der Waals surface area contributed by atoms with Crippen LogP contribution in [-0.4, -0.2) is 18.2 Å². The molecule has 1 saturated heterocycles. The molecule has 0 amide bonds. The van der Waals surface area contributed by atoms with E-state index in [1.165, 1.54) is 12.0 Å². The van der Waals surface area contributed by atoms with Crippen LogP contribution in [0, 0.1) is 5.92 Å². The Balaban J connectivity index is 1.68. The number of nitrogens with two attached hydrogens (primary N) is 1. The van der Waals surface area contributed by atoms with Gasteiger partial charge in [-0.05, 0) is 43.6 Å². The zero-order chi connectivity index (χ0) is 11.9. The van der Waals surface area contributed by atoms with Crippen LogP contribution in [0.3, 0.4) is 0 Å². The molecule has 1 aliphatic heterocycles. The van der Waals surface area contributed by atoms with Crippen molar-refractivity contribution in [3.05, 3.63) is 35.9 Å². The van der Waals surface area contributed by atoms with E-state index in [-0.39, 0.29) is 11.6 Å². The van der Waals surface area contributed by atoms with Gasteiger partial charge in [0.15, 0.2) is 0 Å². The maximum atomic E-state index is 6.42. The summed E-state index contributed by atoms with van der Waals surface area (Å²) in [5, 5.41) is 0. The number of benzene rings is 1. The average Bonchev–Trinajstić information content (AvgIpc) is 3.05. The molecule has 3 rings (SSSR count). The van der Waals surface area contributed by atoms with Crippen LogP contribution in [0.2, 0.25) is 0 Å². The lowest BCUT2D eigenvalue weighted by Gasteiger charge is -2.30. The first-order valence-electron chi connectivity index (χ1n) is 6.65. The Kier molecular flexibility index (Phi) is 2.72. The summed E-state index contributed by atoms with van der Waals surface area (Å²) in [5.74, 6) is 1.27. The molecule has 0 bridgehead atoms. The second-order valence-corrected chi connectivity index (χ2v) is 5.71. The smallest absolute Gasteiger partial charge is 0.0808 e. The summed E-state index contributed by atoms with van der Waals surface area (Å²) >= 11 is 0. The Morgan fingerprint density at radius 1 is 1.35 bits per heavy atom. The van der Waals surface area contributed by atoms with E-state index in [4.69, 9.17) is 10.5 Å². The van der Waals surface area contributed by atoms with E-state index >= 15 is 0 Å². The van der Waals surface area contributed by atoms with Crippen molar-refractivity contribution < 1.29 is 4.74 Å². The Labute approximate surface area is 103 Å². The predicted molar refractivity (Wildman–Crippen MR) is 68.9 cm³/mol. The van der Waals surface area contributed by atoms with Crippen LogP contribution in [0.15, 0.2) is 30.3 Å². The Morgan fingerprint density at radius 3 is 2.76 bits per heavy atom. The minimum Gasteiger partial charge on any atom is -0.374 e. The molecule has 4 atom stereocenters. The minimum atomic E-state index is -0.0752. The molecule has 1 aliphatic carbocycles. The first-order chi connectivity index (χ1) is 8.21. The maximum absolute atomic E-state index is 6.42. The molecule has 2 aliphatic rings. The van der Waals surface area contributed by atoms with Crippen LogP contribution < -0.4 is 5.73 Å². The molecule has 2 heteroatoms. The standard InChI is InChI=1S/C15H21NO/c1-15(8-5-9-17-15)14(16)13-10-12(13)11-6-3-2-4-7-11/h2-4,6-7,12-14H,5,8-10,16H2,1H3. The summed E-state index contributed by atoms with van der Waals surface area (Å²) in [6, 6.07) is 10.9. The lowest BCUT2D eigenvalue weighted by molar-refractivity contribution is -0.00710. The lowest BCUT2D eigenvalue weighted by Crippen LogP contribution is -2.46. The first-order valence-corrected chi connectivity index (χ1v) is 6.65. The van der Waals surface area contributed by atoms with Gasteiger partial charge in [-0.3, -0.25) is 0 Å². The highest BCUT2D eigenvalue weighted by Crippen LogP contribution is 2.52. The van der Waals surface area contributed by atoms with Crippen molar-refractivity contribution in [2.24, 2.45) is 11.7 Å². The van der Waals surface area contributed by atoms with Gasteiger partial charge >= 0.3 is 0 Å². The third kappa shape index (κ3) is 2.00. The normalized spacial score (nSPS) is 38.0. The minimum absolute atomic E-state index is 0.0752. The molecule has 0 spiro atoms. The van der Waals surface area contributed by atoms with Crippen LogP contribution >= 0.6 is 0 Å². The highest BCUT2D eigenvalue weighted by Gasteiger charge is 2.50. The van der Waals surface area contributed by atoms with Crippen molar-refractivity contribution in [1.82, 2.24) is 0 Å². The van der Waals surface area contributed by atoms with Gasteiger partial charge in [-0.25, -0.2) is 0 Å². The monoisotopic (exact) mass is 231 g/mol. The molecular weight excluding hydrogens is 210 g/mol. The third-order valence-electron chi connectivity index (χ3n) is 4.48. The molecule has 2 fully saturated rings. The number of hydrogen-bond acceptors (Lipinski definition) is 2. The molecule has 1 aromatic rings. The van der Waals surface area contributed by atoms with Gasteiger partial charge in [0.1, 0.15) is 0 Å². The SMILES string of the molecule is CC1(C(N)C2CC2c2ccccc2)CCCO1. The van der Waals surface area contributed by atoms with Crippen molar-refractivity contribution in [3.8, 4) is 0 Å². The maximum Gasteiger partial charge on any atom is 0.0808 e. The van der Waals surface area contributed by atoms with Gasteiger partial charge in [-0.1, -0.05) is 30.3 Å². The van der Waals surface area contributed by atoms with Crippen molar-refractivity contribution in [2.75, 3.05) is 6.61 Å². The molecule has 0 radical (unpaired) electrons. The third-order valence-corrected chi connectivity index (χ3v) is 4.48. The van der Waals surface area contributed by atoms with Crippen LogP contribution in [0.4, 0.5) is 0 Å². The summed E-state index contributed by atoms with van der Waals surface area (Å²) in [6.45, 7) is 3.07. The number of ether oxygens (including phenoxy) is 1. The Morgan fingerprint density at radius 2 is 2.12 bits per heavy atom. The van der Waals surface area contributed by atoms with Crippen LogP contribution in [0.1, 0.15) is 37.7 Å². The fourth-order valence-corrected chi connectivity index (χ4v) is 3.21. The molecule has 17 heavy (non-hydrogen) atoms. The molecular formula is C15H21NO. The fraction of sp³-hybridized carbons (Fsp3) is 0.600. The summed E-state index contributed by atoms with van der Waals surface area (Å²) < 4.78 is 5.86. The van der Waals surface area contributed by atoms with E-state index in [2.05, 4.69) is 37.3 Å². The second kappa shape index (κ2) is 4.11. The van der Waals surface area contributed by atoms with E-state index in [1.54, 1.807) is 0 Å². The zero-order valence-corrected chi connectivity index (χ0v) is 10.4. The second-order valence-electron chi connectivity index (χ2n) is 5.71. The number of rotatable bonds is 3. The molecule has 92 valence electrons. The van der Waals surface area contributed by atoms with E-state index in [0.717, 1.165) is 19.4 Å². The van der Waals surface area contributed by atoms with E-state index in [9.17, 15) is 0 Å². The van der Waals surface area contributed by atoms with E-state index in [0.29, 0.717) is 11.8 Å². The van der Waals surface area contributed by atoms with Crippen molar-refractivity contribution >= 4 is 0 Å². The van der Waals surface area contributed by atoms with Crippen molar-refractivity contribution in [2.45, 2.75) is 43.7 Å². The van der Waals surface area contributed by atoms with E-state index < -0.39 is 0 Å². The van der Waals surface area contributed by atoms with Gasteiger partial charge in [0, 0.05) is 12.6 Å². The Bertz CT molecular complexity index is 383. The zero-order valence-electron chi connectivity index (χ0n) is 10.4. The van der Waals surface area contributed by atoms with Crippen molar-refractivity contribution in [1.29, 1.82) is 0 Å². The van der Waals surface area contributed by atoms with Gasteiger partial charge in [-0.2, -0.15) is 0 Å². The quantitative estimate of drug-likeness (QED) is 0.868. The molecule has 4 unspecified atom stereocenters. The van der Waals surface area contributed by atoms with Gasteiger partial charge in [0.2, 0.25) is 0 Å². The average molecular weight is 231 g/mol. The summed E-state index contributed by atoms with van der Waals surface area (Å²) in [4.78, 5) is 0. The first kappa shape index (κ1) is 11.2. The molecule has 2 nitrogen and oxygen atoms in total. The van der Waals surface area contributed by atoms with Crippen LogP contribution in [0.25, 0.3) is 0 Å². The van der Waals surface area contributed by atoms with Crippen molar-refractivity contribution in [3.63, 3.8) is 0 Å². The summed E-state index contributed by atoms with van der Waals surface area (Å²) in [5.41, 5.74) is 7.79. The molecule has 1 aromatic carbocycles. The summed E-state index contributed by atoms with van der Waals surface area (Å²) in [6.07, 6.45) is 3.50. The lowest BCUT2D eigenvalue weighted by atomic mass is 9.89. The largest absolute Gasteiger partial charge is 0.374 e. The van der Waals surface area contributed by atoms with Crippen LogP contribution in [-0.2, 0) is 4.74 Å². The molecule has 2 N–H and O–H groups in total. The molecule has 0 aromatic heterocycles. The van der Waals surface area contributed by atoms with Gasteiger partial charge in [0.25, 0.3) is 0 Å². The molecule has 1 saturated carbocycles. The predicted octanol–water partition coefficient (Wildman–Crippen LogP) is 2.69. The van der Waals surface area contributed by atoms with Gasteiger partial charge in [0.05, 0.1) is 5.60 Å². The highest BCUT2D eigenvalue weighted by atomic mass is 16.5. The fourth-order valence-electron chi connectivity index (χ4n) is 3.21. The molecule has 1 heterocycles. The van der Waals surface area contributed by atoms with Gasteiger partial charge in [-0.15, -0.1) is 0 Å². The van der Waals surface area contributed by atoms with Crippen LogP contribution in [0.5, 0.6) is 0 Å². The Hall–Kier alpha value is -0.860. The highest BCUT2D eigenvalue weighted by molar-refractivity contribution is 5.27. The number of hydrogen-bond donors (Lipinski definition) is 1.